The van der Waals surface area contributed by atoms with Gasteiger partial charge >= 0.3 is 5.69 Å². The molecule has 0 fully saturated rings. The predicted octanol–water partition coefficient (Wildman–Crippen LogP) is 2.00. The zero-order valence-corrected chi connectivity index (χ0v) is 12.8. The van der Waals surface area contributed by atoms with Crippen LogP contribution in [0.15, 0.2) is 48.8 Å². The van der Waals surface area contributed by atoms with E-state index in [0.717, 1.165) is 5.56 Å². The van der Waals surface area contributed by atoms with Crippen molar-refractivity contribution in [1.29, 1.82) is 0 Å². The maximum absolute atomic E-state index is 11.0. The fraction of sp³-hybridized carbons (Fsp3) is 0.312. The van der Waals surface area contributed by atoms with Gasteiger partial charge in [-0.05, 0) is 11.6 Å². The van der Waals surface area contributed by atoms with E-state index in [1.165, 1.54) is 12.4 Å². The molecule has 7 nitrogen and oxygen atoms in total. The van der Waals surface area contributed by atoms with Crippen molar-refractivity contribution in [3.8, 4) is 0 Å². The van der Waals surface area contributed by atoms with Crippen LogP contribution in [0.1, 0.15) is 5.56 Å². The van der Waals surface area contributed by atoms with Crippen molar-refractivity contribution in [1.82, 2.24) is 4.98 Å². The summed E-state index contributed by atoms with van der Waals surface area (Å²) in [6, 6.07) is 11.2. The summed E-state index contributed by atoms with van der Waals surface area (Å²) >= 11 is 0. The molecule has 0 saturated carbocycles. The summed E-state index contributed by atoms with van der Waals surface area (Å²) in [5.74, 6) is 0. The number of benzene rings is 1. The lowest BCUT2D eigenvalue weighted by atomic mass is 10.2. The molecular formula is C16H19N3O4. The van der Waals surface area contributed by atoms with E-state index < -0.39 is 11.0 Å². The van der Waals surface area contributed by atoms with Gasteiger partial charge in [-0.1, -0.05) is 30.3 Å². The molecule has 0 radical (unpaired) electrons. The van der Waals surface area contributed by atoms with Crippen LogP contribution in [-0.2, 0) is 11.3 Å². The van der Waals surface area contributed by atoms with Gasteiger partial charge in [-0.3, -0.25) is 15.1 Å². The first kappa shape index (κ1) is 16.9. The fourth-order valence-corrected chi connectivity index (χ4v) is 2.20. The van der Waals surface area contributed by atoms with Crippen molar-refractivity contribution in [3.63, 3.8) is 0 Å². The molecule has 7 heteroatoms. The molecule has 2 aromatic rings. The van der Waals surface area contributed by atoms with Gasteiger partial charge in [-0.25, -0.2) is 0 Å². The summed E-state index contributed by atoms with van der Waals surface area (Å²) in [6.07, 6.45) is 1.93. The minimum atomic E-state index is -0.753. The lowest BCUT2D eigenvalue weighted by Gasteiger charge is -2.22. The van der Waals surface area contributed by atoms with Gasteiger partial charge in [0.2, 0.25) is 0 Å². The van der Waals surface area contributed by atoms with E-state index in [-0.39, 0.29) is 18.8 Å². The molecular weight excluding hydrogens is 298 g/mol. The summed E-state index contributed by atoms with van der Waals surface area (Å²) in [5.41, 5.74) is 1.34. The Balaban J connectivity index is 1.85. The zero-order chi connectivity index (χ0) is 16.7. The second-order valence-corrected chi connectivity index (χ2v) is 5.16. The van der Waals surface area contributed by atoms with Crippen LogP contribution in [0, 0.1) is 10.1 Å². The van der Waals surface area contributed by atoms with Crippen LogP contribution in [0.25, 0.3) is 0 Å². The average molecular weight is 317 g/mol. The third kappa shape index (κ3) is 5.01. The minimum absolute atomic E-state index is 0.0904. The van der Waals surface area contributed by atoms with Crippen LogP contribution in [0.3, 0.4) is 0 Å². The highest BCUT2D eigenvalue weighted by Gasteiger charge is 2.18. The van der Waals surface area contributed by atoms with Crippen molar-refractivity contribution in [2.75, 3.05) is 25.1 Å². The maximum atomic E-state index is 11.0. The Labute approximate surface area is 134 Å². The topological polar surface area (TPSA) is 88.7 Å². The normalized spacial score (nSPS) is 11.9. The van der Waals surface area contributed by atoms with Gasteiger partial charge in [0.25, 0.3) is 0 Å². The molecule has 1 N–H and O–H groups in total. The highest BCUT2D eigenvalue weighted by Crippen LogP contribution is 2.25. The van der Waals surface area contributed by atoms with Crippen molar-refractivity contribution < 1.29 is 14.8 Å². The number of rotatable bonds is 8. The number of hydrogen-bond acceptors (Lipinski definition) is 6. The molecule has 0 saturated heterocycles. The molecule has 0 spiro atoms. The third-order valence-corrected chi connectivity index (χ3v) is 3.29. The Kier molecular flexibility index (Phi) is 6.02. The van der Waals surface area contributed by atoms with Crippen LogP contribution in [0.4, 0.5) is 11.4 Å². The molecule has 0 aliphatic carbocycles. The van der Waals surface area contributed by atoms with E-state index in [0.29, 0.717) is 12.3 Å². The molecule has 0 amide bonds. The second-order valence-electron chi connectivity index (χ2n) is 5.16. The molecule has 1 aromatic carbocycles. The SMILES string of the molecule is CN(C[C@@H](O)COCc1ccccc1)c1ccncc1[N+](=O)[O-]. The maximum Gasteiger partial charge on any atom is 0.310 e. The average Bonchev–Trinajstić information content (AvgIpc) is 2.55. The lowest BCUT2D eigenvalue weighted by Crippen LogP contribution is -2.32. The summed E-state index contributed by atoms with van der Waals surface area (Å²) in [4.78, 5) is 15.9. The van der Waals surface area contributed by atoms with Crippen molar-refractivity contribution in [2.45, 2.75) is 12.7 Å². The molecule has 1 aromatic heterocycles. The van der Waals surface area contributed by atoms with Crippen molar-refractivity contribution in [3.05, 3.63) is 64.5 Å². The van der Waals surface area contributed by atoms with Crippen molar-refractivity contribution in [2.24, 2.45) is 0 Å². The molecule has 122 valence electrons. The molecule has 0 aliphatic rings. The fourth-order valence-electron chi connectivity index (χ4n) is 2.20. The Bertz CT molecular complexity index is 636. The van der Waals surface area contributed by atoms with Crippen molar-refractivity contribution >= 4 is 11.4 Å². The van der Waals surface area contributed by atoms with Gasteiger partial charge < -0.3 is 14.7 Å². The number of likely N-dealkylation sites (N-methyl/N-ethyl adjacent to an activating group) is 1. The predicted molar refractivity (Wildman–Crippen MR) is 86.3 cm³/mol. The van der Waals surface area contributed by atoms with E-state index in [4.69, 9.17) is 4.74 Å². The standard InChI is InChI=1S/C16H19N3O4/c1-18(15-7-8-17-9-16(15)19(21)22)10-14(20)12-23-11-13-5-3-2-4-6-13/h2-9,14,20H,10-12H2,1H3/t14-/m1/s1. The number of aliphatic hydroxyl groups is 1. The van der Waals surface area contributed by atoms with Crippen LogP contribution < -0.4 is 4.90 Å². The summed E-state index contributed by atoms with van der Waals surface area (Å²) < 4.78 is 5.47. The van der Waals surface area contributed by atoms with E-state index >= 15 is 0 Å². The van der Waals surface area contributed by atoms with Crippen LogP contribution in [0.2, 0.25) is 0 Å². The monoisotopic (exact) mass is 317 g/mol. The lowest BCUT2D eigenvalue weighted by molar-refractivity contribution is -0.384. The number of anilines is 1. The Morgan fingerprint density at radius 2 is 2.09 bits per heavy atom. The first-order valence-electron chi connectivity index (χ1n) is 7.17. The van der Waals surface area contributed by atoms with Gasteiger partial charge in [-0.15, -0.1) is 0 Å². The Morgan fingerprint density at radius 1 is 1.35 bits per heavy atom. The van der Waals surface area contributed by atoms with E-state index in [2.05, 4.69) is 4.98 Å². The number of ether oxygens (including phenoxy) is 1. The smallest absolute Gasteiger partial charge is 0.310 e. The van der Waals surface area contributed by atoms with E-state index in [1.807, 2.05) is 30.3 Å². The first-order chi connectivity index (χ1) is 11.1. The molecule has 0 aliphatic heterocycles. The molecule has 0 bridgehead atoms. The number of aromatic nitrogens is 1. The van der Waals surface area contributed by atoms with Gasteiger partial charge in [0.05, 0.1) is 24.2 Å². The number of nitro groups is 1. The third-order valence-electron chi connectivity index (χ3n) is 3.29. The highest BCUT2D eigenvalue weighted by molar-refractivity contribution is 5.61. The van der Waals surface area contributed by atoms with E-state index in [9.17, 15) is 15.2 Å². The largest absolute Gasteiger partial charge is 0.389 e. The van der Waals surface area contributed by atoms with Crippen LogP contribution in [-0.4, -0.2) is 41.3 Å². The van der Waals surface area contributed by atoms with Gasteiger partial charge in [0.1, 0.15) is 11.9 Å². The van der Waals surface area contributed by atoms with Crippen LogP contribution in [0.5, 0.6) is 0 Å². The number of nitrogens with zero attached hydrogens (tertiary/aromatic N) is 3. The van der Waals surface area contributed by atoms with Gasteiger partial charge in [0, 0.05) is 19.8 Å². The summed E-state index contributed by atoms with van der Waals surface area (Å²) in [7, 11) is 1.68. The van der Waals surface area contributed by atoms with Gasteiger partial charge in [-0.2, -0.15) is 0 Å². The zero-order valence-electron chi connectivity index (χ0n) is 12.8. The minimum Gasteiger partial charge on any atom is -0.389 e. The molecule has 23 heavy (non-hydrogen) atoms. The Hall–Kier alpha value is -2.51. The van der Waals surface area contributed by atoms with Crippen LogP contribution >= 0.6 is 0 Å². The summed E-state index contributed by atoms with van der Waals surface area (Å²) in [5, 5.41) is 21.0. The molecule has 1 heterocycles. The molecule has 2 rings (SSSR count). The highest BCUT2D eigenvalue weighted by atomic mass is 16.6. The number of hydrogen-bond donors (Lipinski definition) is 1. The molecule has 0 unspecified atom stereocenters. The number of pyridine rings is 1. The quantitative estimate of drug-likeness (QED) is 0.592. The second kappa shape index (κ2) is 8.21. The summed E-state index contributed by atoms with van der Waals surface area (Å²) in [6.45, 7) is 0.786. The van der Waals surface area contributed by atoms with E-state index in [1.54, 1.807) is 18.0 Å². The first-order valence-corrected chi connectivity index (χ1v) is 7.17. The Morgan fingerprint density at radius 3 is 2.78 bits per heavy atom. The van der Waals surface area contributed by atoms with Gasteiger partial charge in [0.15, 0.2) is 0 Å². The molecule has 1 atom stereocenters. The number of aliphatic hydroxyl groups excluding tert-OH is 1.